The van der Waals surface area contributed by atoms with Crippen LogP contribution in [0.1, 0.15) is 51.0 Å². The zero-order valence-corrected chi connectivity index (χ0v) is 15.0. The molecule has 0 saturated carbocycles. The zero-order valence-electron chi connectivity index (χ0n) is 15.0. The maximum atomic E-state index is 12.7. The average molecular weight is 330 g/mol. The molecule has 1 atom stereocenters. The molecule has 0 aromatic heterocycles. The van der Waals surface area contributed by atoms with Gasteiger partial charge in [0.2, 0.25) is 5.91 Å². The highest BCUT2D eigenvalue weighted by Gasteiger charge is 2.29. The van der Waals surface area contributed by atoms with E-state index in [9.17, 15) is 4.79 Å². The lowest BCUT2D eigenvalue weighted by Crippen LogP contribution is -2.48. The Labute approximate surface area is 145 Å². The Balaban J connectivity index is 1.55. The van der Waals surface area contributed by atoms with E-state index in [0.29, 0.717) is 17.9 Å². The van der Waals surface area contributed by atoms with E-state index in [1.54, 1.807) is 0 Å². The Kier molecular flexibility index (Phi) is 5.77. The highest BCUT2D eigenvalue weighted by Crippen LogP contribution is 2.23. The molecule has 1 aromatic rings. The first-order chi connectivity index (χ1) is 11.6. The van der Waals surface area contributed by atoms with Crippen molar-refractivity contribution in [2.45, 2.75) is 51.5 Å². The van der Waals surface area contributed by atoms with E-state index in [2.05, 4.69) is 48.3 Å². The van der Waals surface area contributed by atoms with Crippen LogP contribution in [0.2, 0.25) is 0 Å². The molecule has 3 rings (SSSR count). The van der Waals surface area contributed by atoms with Crippen molar-refractivity contribution in [2.75, 3.05) is 31.6 Å². The molecule has 0 bridgehead atoms. The van der Waals surface area contributed by atoms with Crippen molar-refractivity contribution in [3.63, 3.8) is 0 Å². The standard InChI is InChI=1S/C20H30N2O2/c1-15(2)16-5-7-18(8-6-16)21-19-4-3-11-22(14-19)20(23)17-9-12-24-13-10-17/h5-8,15,17,19,21H,3-4,9-14H2,1-2H3/t19-/m0/s1. The molecule has 2 aliphatic rings. The number of benzene rings is 1. The number of piperidine rings is 1. The molecule has 2 saturated heterocycles. The zero-order chi connectivity index (χ0) is 16.9. The van der Waals surface area contributed by atoms with E-state index in [-0.39, 0.29) is 5.92 Å². The summed E-state index contributed by atoms with van der Waals surface area (Å²) in [5.41, 5.74) is 2.52. The Morgan fingerprint density at radius 2 is 1.88 bits per heavy atom. The van der Waals surface area contributed by atoms with Crippen LogP contribution in [0.15, 0.2) is 24.3 Å². The van der Waals surface area contributed by atoms with Gasteiger partial charge in [0.25, 0.3) is 0 Å². The Morgan fingerprint density at radius 1 is 1.17 bits per heavy atom. The number of hydrogen-bond acceptors (Lipinski definition) is 3. The van der Waals surface area contributed by atoms with Crippen molar-refractivity contribution in [2.24, 2.45) is 5.92 Å². The van der Waals surface area contributed by atoms with Crippen molar-refractivity contribution in [3.8, 4) is 0 Å². The lowest BCUT2D eigenvalue weighted by molar-refractivity contribution is -0.139. The fraction of sp³-hybridized carbons (Fsp3) is 0.650. The largest absolute Gasteiger partial charge is 0.381 e. The van der Waals surface area contributed by atoms with Crippen molar-refractivity contribution >= 4 is 11.6 Å². The van der Waals surface area contributed by atoms with Gasteiger partial charge in [-0.05, 0) is 49.3 Å². The summed E-state index contributed by atoms with van der Waals surface area (Å²) in [7, 11) is 0. The van der Waals surface area contributed by atoms with Gasteiger partial charge in [0.15, 0.2) is 0 Å². The molecule has 2 heterocycles. The van der Waals surface area contributed by atoms with Crippen molar-refractivity contribution in [1.82, 2.24) is 4.90 Å². The van der Waals surface area contributed by atoms with Gasteiger partial charge in [0.1, 0.15) is 0 Å². The Hall–Kier alpha value is -1.55. The minimum atomic E-state index is 0.169. The normalized spacial score (nSPS) is 22.6. The first-order valence-corrected chi connectivity index (χ1v) is 9.36. The summed E-state index contributed by atoms with van der Waals surface area (Å²) in [6, 6.07) is 9.07. The second kappa shape index (κ2) is 8.02. The molecule has 0 spiro atoms. The molecule has 132 valence electrons. The van der Waals surface area contributed by atoms with Crippen LogP contribution in [-0.2, 0) is 9.53 Å². The van der Waals surface area contributed by atoms with E-state index in [0.717, 1.165) is 57.7 Å². The highest BCUT2D eigenvalue weighted by molar-refractivity contribution is 5.79. The minimum absolute atomic E-state index is 0.169. The topological polar surface area (TPSA) is 41.6 Å². The lowest BCUT2D eigenvalue weighted by atomic mass is 9.96. The molecular weight excluding hydrogens is 300 g/mol. The molecule has 0 aliphatic carbocycles. The van der Waals surface area contributed by atoms with Gasteiger partial charge < -0.3 is 15.0 Å². The lowest BCUT2D eigenvalue weighted by Gasteiger charge is -2.36. The minimum Gasteiger partial charge on any atom is -0.381 e. The maximum absolute atomic E-state index is 12.7. The van der Waals surface area contributed by atoms with Crippen LogP contribution < -0.4 is 5.32 Å². The van der Waals surface area contributed by atoms with Gasteiger partial charge in [-0.25, -0.2) is 0 Å². The van der Waals surface area contributed by atoms with Crippen LogP contribution in [0.4, 0.5) is 5.69 Å². The third-order valence-corrected chi connectivity index (χ3v) is 5.25. The molecule has 0 unspecified atom stereocenters. The second-order valence-electron chi connectivity index (χ2n) is 7.43. The molecule has 1 amide bonds. The van der Waals surface area contributed by atoms with Crippen LogP contribution in [-0.4, -0.2) is 43.2 Å². The van der Waals surface area contributed by atoms with Crippen LogP contribution in [0.5, 0.6) is 0 Å². The fourth-order valence-electron chi connectivity index (χ4n) is 3.70. The first kappa shape index (κ1) is 17.3. The fourth-order valence-corrected chi connectivity index (χ4v) is 3.70. The van der Waals surface area contributed by atoms with Crippen molar-refractivity contribution < 1.29 is 9.53 Å². The average Bonchev–Trinajstić information content (AvgIpc) is 2.62. The first-order valence-electron chi connectivity index (χ1n) is 9.36. The van der Waals surface area contributed by atoms with E-state index >= 15 is 0 Å². The number of anilines is 1. The monoisotopic (exact) mass is 330 g/mol. The van der Waals surface area contributed by atoms with Crippen LogP contribution in [0, 0.1) is 5.92 Å². The number of carbonyl (C=O) groups is 1. The van der Waals surface area contributed by atoms with Gasteiger partial charge in [-0.1, -0.05) is 26.0 Å². The Morgan fingerprint density at radius 3 is 2.54 bits per heavy atom. The quantitative estimate of drug-likeness (QED) is 0.916. The molecule has 4 heteroatoms. The van der Waals surface area contributed by atoms with E-state index in [1.165, 1.54) is 5.56 Å². The molecule has 2 fully saturated rings. The van der Waals surface area contributed by atoms with Gasteiger partial charge in [-0.3, -0.25) is 4.79 Å². The summed E-state index contributed by atoms with van der Waals surface area (Å²) in [6.45, 7) is 7.61. The van der Waals surface area contributed by atoms with Crippen molar-refractivity contribution in [3.05, 3.63) is 29.8 Å². The number of nitrogens with one attached hydrogen (secondary N) is 1. The summed E-state index contributed by atoms with van der Waals surface area (Å²) < 4.78 is 5.38. The third-order valence-electron chi connectivity index (χ3n) is 5.25. The van der Waals surface area contributed by atoms with Gasteiger partial charge in [0.05, 0.1) is 0 Å². The van der Waals surface area contributed by atoms with Gasteiger partial charge in [0, 0.05) is 44.0 Å². The van der Waals surface area contributed by atoms with E-state index in [4.69, 9.17) is 4.74 Å². The van der Waals surface area contributed by atoms with Crippen LogP contribution in [0.25, 0.3) is 0 Å². The molecule has 0 radical (unpaired) electrons. The summed E-state index contributed by atoms with van der Waals surface area (Å²) in [4.78, 5) is 14.8. The van der Waals surface area contributed by atoms with Gasteiger partial charge >= 0.3 is 0 Å². The summed E-state index contributed by atoms with van der Waals surface area (Å²) in [5, 5.41) is 3.62. The molecule has 1 aromatic carbocycles. The molecule has 4 nitrogen and oxygen atoms in total. The number of likely N-dealkylation sites (tertiary alicyclic amines) is 1. The van der Waals surface area contributed by atoms with E-state index < -0.39 is 0 Å². The summed E-state index contributed by atoms with van der Waals surface area (Å²) in [6.07, 6.45) is 3.97. The second-order valence-corrected chi connectivity index (χ2v) is 7.43. The molecule has 24 heavy (non-hydrogen) atoms. The van der Waals surface area contributed by atoms with Crippen LogP contribution >= 0.6 is 0 Å². The van der Waals surface area contributed by atoms with Gasteiger partial charge in [-0.15, -0.1) is 0 Å². The number of carbonyl (C=O) groups excluding carboxylic acids is 1. The summed E-state index contributed by atoms with van der Waals surface area (Å²) >= 11 is 0. The van der Waals surface area contributed by atoms with Gasteiger partial charge in [-0.2, -0.15) is 0 Å². The third kappa shape index (κ3) is 4.29. The summed E-state index contributed by atoms with van der Waals surface area (Å²) in [5.74, 6) is 1.06. The number of ether oxygens (including phenoxy) is 1. The molecular formula is C20H30N2O2. The number of rotatable bonds is 4. The van der Waals surface area contributed by atoms with E-state index in [1.807, 2.05) is 0 Å². The maximum Gasteiger partial charge on any atom is 0.225 e. The predicted molar refractivity (Wildman–Crippen MR) is 97.3 cm³/mol. The number of nitrogens with zero attached hydrogens (tertiary/aromatic N) is 1. The smallest absolute Gasteiger partial charge is 0.225 e. The molecule has 1 N–H and O–H groups in total. The Bertz CT molecular complexity index is 535. The predicted octanol–water partition coefficient (Wildman–Crippen LogP) is 3.64. The van der Waals surface area contributed by atoms with Crippen molar-refractivity contribution in [1.29, 1.82) is 0 Å². The molecule has 2 aliphatic heterocycles. The highest BCUT2D eigenvalue weighted by atomic mass is 16.5. The SMILES string of the molecule is CC(C)c1ccc(N[C@H]2CCCN(C(=O)C3CCOCC3)C2)cc1. The number of amides is 1. The number of hydrogen-bond donors (Lipinski definition) is 1. The van der Waals surface area contributed by atoms with Crippen LogP contribution in [0.3, 0.4) is 0 Å².